The number of hydrogen-bond donors (Lipinski definition) is 1. The van der Waals surface area contributed by atoms with Gasteiger partial charge in [0, 0.05) is 13.2 Å². The third-order valence-electron chi connectivity index (χ3n) is 2.62. The highest BCUT2D eigenvalue weighted by Gasteiger charge is 2.16. The van der Waals surface area contributed by atoms with Gasteiger partial charge in [-0.15, -0.1) is 0 Å². The van der Waals surface area contributed by atoms with Gasteiger partial charge in [0.05, 0.1) is 11.7 Å². The molecule has 0 saturated carbocycles. The van der Waals surface area contributed by atoms with E-state index in [0.29, 0.717) is 11.5 Å². The fraction of sp³-hybridized carbons (Fsp3) is 0.750. The second-order valence-corrected chi connectivity index (χ2v) is 5.35. The lowest BCUT2D eigenvalue weighted by atomic mass is 9.88. The molecule has 1 heterocycles. The first-order chi connectivity index (χ1) is 6.92. The lowest BCUT2D eigenvalue weighted by Crippen LogP contribution is -2.19. The van der Waals surface area contributed by atoms with E-state index in [0.717, 1.165) is 12.1 Å². The molecule has 0 amide bonds. The Morgan fingerprint density at radius 3 is 2.53 bits per heavy atom. The van der Waals surface area contributed by atoms with Crippen molar-refractivity contribution in [3.8, 4) is 0 Å². The molecule has 0 aliphatic heterocycles. The molecule has 1 aromatic heterocycles. The Morgan fingerprint density at radius 1 is 1.47 bits per heavy atom. The zero-order valence-corrected chi connectivity index (χ0v) is 10.5. The summed E-state index contributed by atoms with van der Waals surface area (Å²) in [6.07, 6.45) is 4.34. The lowest BCUT2D eigenvalue weighted by Gasteiger charge is -2.21. The maximum absolute atomic E-state index is 4.44. The molecule has 0 saturated heterocycles. The third kappa shape index (κ3) is 4.04. The van der Waals surface area contributed by atoms with Crippen LogP contribution in [-0.2, 0) is 7.05 Å². The molecule has 1 N–H and O–H groups in total. The van der Waals surface area contributed by atoms with E-state index in [1.165, 1.54) is 6.42 Å². The van der Waals surface area contributed by atoms with E-state index in [1.807, 2.05) is 25.0 Å². The van der Waals surface area contributed by atoms with Gasteiger partial charge in [0.15, 0.2) is 0 Å². The minimum absolute atomic E-state index is 0.380. The smallest absolute Gasteiger partial charge is 0.0793 e. The van der Waals surface area contributed by atoms with E-state index in [2.05, 4.69) is 37.3 Å². The molecule has 1 rings (SSSR count). The Morgan fingerprint density at radius 2 is 2.13 bits per heavy atom. The van der Waals surface area contributed by atoms with Crippen LogP contribution < -0.4 is 5.32 Å². The molecular weight excluding hydrogens is 186 g/mol. The van der Waals surface area contributed by atoms with Gasteiger partial charge < -0.3 is 5.32 Å². The second-order valence-electron chi connectivity index (χ2n) is 5.35. The molecule has 0 fully saturated rings. The number of rotatable bonds is 4. The Balaban J connectivity index is 2.57. The van der Waals surface area contributed by atoms with Crippen LogP contribution in [0.1, 0.15) is 45.3 Å². The van der Waals surface area contributed by atoms with Gasteiger partial charge >= 0.3 is 0 Å². The molecule has 0 radical (unpaired) electrons. The number of nitrogens with zero attached hydrogens (tertiary/aromatic N) is 2. The fourth-order valence-corrected chi connectivity index (χ4v) is 1.64. The van der Waals surface area contributed by atoms with Crippen molar-refractivity contribution in [2.75, 3.05) is 7.05 Å². The summed E-state index contributed by atoms with van der Waals surface area (Å²) in [4.78, 5) is 0. The average molecular weight is 209 g/mol. The van der Waals surface area contributed by atoms with E-state index in [1.54, 1.807) is 0 Å². The summed E-state index contributed by atoms with van der Waals surface area (Å²) in [5.74, 6) is 0. The summed E-state index contributed by atoms with van der Waals surface area (Å²) in [6, 6.07) is 2.47. The van der Waals surface area contributed by atoms with E-state index in [4.69, 9.17) is 0 Å². The molecule has 15 heavy (non-hydrogen) atoms. The first-order valence-corrected chi connectivity index (χ1v) is 5.59. The highest BCUT2D eigenvalue weighted by Crippen LogP contribution is 2.26. The highest BCUT2D eigenvalue weighted by molar-refractivity contribution is 5.05. The first-order valence-electron chi connectivity index (χ1n) is 5.59. The molecule has 0 aliphatic carbocycles. The monoisotopic (exact) mass is 209 g/mol. The minimum Gasteiger partial charge on any atom is -0.312 e. The highest BCUT2D eigenvalue weighted by atomic mass is 15.3. The summed E-state index contributed by atoms with van der Waals surface area (Å²) in [7, 11) is 3.96. The molecule has 1 atom stereocenters. The Labute approximate surface area is 92.9 Å². The molecule has 3 nitrogen and oxygen atoms in total. The van der Waals surface area contributed by atoms with Crippen LogP contribution in [0.4, 0.5) is 0 Å². The lowest BCUT2D eigenvalue weighted by molar-refractivity contribution is 0.335. The van der Waals surface area contributed by atoms with Gasteiger partial charge in [0.1, 0.15) is 0 Å². The van der Waals surface area contributed by atoms with Gasteiger partial charge in [-0.3, -0.25) is 4.68 Å². The zero-order chi connectivity index (χ0) is 11.5. The van der Waals surface area contributed by atoms with Crippen molar-refractivity contribution in [1.29, 1.82) is 0 Å². The molecular formula is C12H23N3. The van der Waals surface area contributed by atoms with Crippen LogP contribution in [-0.4, -0.2) is 16.8 Å². The maximum atomic E-state index is 4.44. The molecule has 0 spiro atoms. The van der Waals surface area contributed by atoms with Crippen molar-refractivity contribution < 1.29 is 0 Å². The Hall–Kier alpha value is -0.830. The molecule has 0 aliphatic rings. The largest absolute Gasteiger partial charge is 0.312 e. The van der Waals surface area contributed by atoms with Gasteiger partial charge in [-0.2, -0.15) is 5.10 Å². The van der Waals surface area contributed by atoms with Crippen LogP contribution in [0.5, 0.6) is 0 Å². The van der Waals surface area contributed by atoms with E-state index in [9.17, 15) is 0 Å². The summed E-state index contributed by atoms with van der Waals surface area (Å²) in [5.41, 5.74) is 1.54. The van der Waals surface area contributed by atoms with Crippen LogP contribution in [0.2, 0.25) is 0 Å². The van der Waals surface area contributed by atoms with Crippen molar-refractivity contribution in [2.45, 2.75) is 39.7 Å². The Bertz CT molecular complexity index is 296. The quantitative estimate of drug-likeness (QED) is 0.825. The van der Waals surface area contributed by atoms with Crippen molar-refractivity contribution in [1.82, 2.24) is 15.1 Å². The molecule has 86 valence electrons. The average Bonchev–Trinajstić information content (AvgIpc) is 2.51. The predicted octanol–water partition coefficient (Wildman–Crippen LogP) is 2.51. The van der Waals surface area contributed by atoms with Crippen molar-refractivity contribution >= 4 is 0 Å². The van der Waals surface area contributed by atoms with Crippen LogP contribution in [0.25, 0.3) is 0 Å². The Kier molecular flexibility index (Phi) is 3.91. The normalized spacial score (nSPS) is 14.2. The second kappa shape index (κ2) is 4.79. The predicted molar refractivity (Wildman–Crippen MR) is 63.7 cm³/mol. The van der Waals surface area contributed by atoms with Crippen LogP contribution in [0.3, 0.4) is 0 Å². The topological polar surface area (TPSA) is 29.9 Å². The van der Waals surface area contributed by atoms with Crippen molar-refractivity contribution in [3.05, 3.63) is 18.0 Å². The van der Waals surface area contributed by atoms with E-state index in [-0.39, 0.29) is 0 Å². The first kappa shape index (κ1) is 12.2. The minimum atomic E-state index is 0.380. The van der Waals surface area contributed by atoms with Gasteiger partial charge in [0.25, 0.3) is 0 Å². The molecule has 1 aromatic rings. The van der Waals surface area contributed by atoms with Crippen LogP contribution in [0.15, 0.2) is 12.3 Å². The number of aromatic nitrogens is 2. The standard InChI is InChI=1S/C12H23N3/c1-12(2,3)8-6-10(13-4)11-7-9-15(5)14-11/h7,9-10,13H,6,8H2,1-5H3. The number of aryl methyl sites for hydroxylation is 1. The van der Waals surface area contributed by atoms with Crippen LogP contribution >= 0.6 is 0 Å². The maximum Gasteiger partial charge on any atom is 0.0793 e. The molecule has 0 bridgehead atoms. The summed E-state index contributed by atoms with van der Waals surface area (Å²) in [5, 5.41) is 7.77. The number of nitrogens with one attached hydrogen (secondary N) is 1. The molecule has 3 heteroatoms. The van der Waals surface area contributed by atoms with E-state index < -0.39 is 0 Å². The van der Waals surface area contributed by atoms with Gasteiger partial charge in [0.2, 0.25) is 0 Å². The summed E-state index contributed by atoms with van der Waals surface area (Å²) in [6.45, 7) is 6.83. The number of hydrogen-bond acceptors (Lipinski definition) is 2. The summed E-state index contributed by atoms with van der Waals surface area (Å²) >= 11 is 0. The van der Waals surface area contributed by atoms with Crippen LogP contribution in [0, 0.1) is 5.41 Å². The zero-order valence-electron chi connectivity index (χ0n) is 10.5. The molecule has 1 unspecified atom stereocenters. The van der Waals surface area contributed by atoms with Crippen molar-refractivity contribution in [3.63, 3.8) is 0 Å². The van der Waals surface area contributed by atoms with Gasteiger partial charge in [-0.1, -0.05) is 20.8 Å². The van der Waals surface area contributed by atoms with Gasteiger partial charge in [-0.05, 0) is 31.4 Å². The molecule has 0 aromatic carbocycles. The SMILES string of the molecule is CNC(CCC(C)(C)C)c1ccn(C)n1. The van der Waals surface area contributed by atoms with Gasteiger partial charge in [-0.25, -0.2) is 0 Å². The third-order valence-corrected chi connectivity index (χ3v) is 2.62. The van der Waals surface area contributed by atoms with Crippen molar-refractivity contribution in [2.24, 2.45) is 12.5 Å². The van der Waals surface area contributed by atoms with E-state index >= 15 is 0 Å². The summed E-state index contributed by atoms with van der Waals surface area (Å²) < 4.78 is 1.86. The fourth-order valence-electron chi connectivity index (χ4n) is 1.64.